The number of anilines is 1. The van der Waals surface area contributed by atoms with Crippen LogP contribution in [0.1, 0.15) is 31.7 Å². The Morgan fingerprint density at radius 1 is 1.17 bits per heavy atom. The highest BCUT2D eigenvalue weighted by molar-refractivity contribution is 5.91. The molecular formula is C18H20N2O4. The van der Waals surface area contributed by atoms with Crippen LogP contribution >= 0.6 is 0 Å². The fourth-order valence-electron chi connectivity index (χ4n) is 2.14. The van der Waals surface area contributed by atoms with Crippen molar-refractivity contribution in [3.8, 4) is 5.75 Å². The fourth-order valence-corrected chi connectivity index (χ4v) is 2.14. The van der Waals surface area contributed by atoms with Gasteiger partial charge >= 0.3 is 0 Å². The van der Waals surface area contributed by atoms with Gasteiger partial charge in [0.05, 0.1) is 4.92 Å². The summed E-state index contributed by atoms with van der Waals surface area (Å²) in [6, 6.07) is 13.3. The number of nitro groups is 1. The lowest BCUT2D eigenvalue weighted by molar-refractivity contribution is -0.384. The number of hydrogen-bond donors (Lipinski definition) is 1. The second kappa shape index (κ2) is 8.10. The largest absolute Gasteiger partial charge is 0.484 e. The van der Waals surface area contributed by atoms with Gasteiger partial charge in [-0.2, -0.15) is 0 Å². The lowest BCUT2D eigenvalue weighted by Gasteiger charge is -2.11. The number of amides is 1. The molecule has 2 aromatic carbocycles. The Labute approximate surface area is 140 Å². The molecule has 2 aromatic rings. The number of rotatable bonds is 7. The molecule has 0 heterocycles. The van der Waals surface area contributed by atoms with Gasteiger partial charge in [-0.25, -0.2) is 0 Å². The van der Waals surface area contributed by atoms with Gasteiger partial charge in [-0.05, 0) is 42.2 Å². The first-order chi connectivity index (χ1) is 11.5. The predicted molar refractivity (Wildman–Crippen MR) is 92.4 cm³/mol. The molecule has 6 heteroatoms. The molecule has 1 amide bonds. The molecule has 2 rings (SSSR count). The van der Waals surface area contributed by atoms with E-state index in [1.165, 1.54) is 29.8 Å². The minimum Gasteiger partial charge on any atom is -0.484 e. The summed E-state index contributed by atoms with van der Waals surface area (Å²) in [5, 5.41) is 13.3. The van der Waals surface area contributed by atoms with Crippen molar-refractivity contribution in [1.82, 2.24) is 0 Å². The first-order valence-corrected chi connectivity index (χ1v) is 7.76. The highest BCUT2D eigenvalue weighted by Crippen LogP contribution is 2.20. The third kappa shape index (κ3) is 4.81. The molecule has 0 unspecified atom stereocenters. The third-order valence-corrected chi connectivity index (χ3v) is 3.79. The minimum absolute atomic E-state index is 0.0202. The summed E-state index contributed by atoms with van der Waals surface area (Å²) in [6.07, 6.45) is 1.06. The minimum atomic E-state index is -0.487. The van der Waals surface area contributed by atoms with Crippen LogP contribution in [0.2, 0.25) is 0 Å². The maximum atomic E-state index is 11.9. The summed E-state index contributed by atoms with van der Waals surface area (Å²) in [7, 11) is 0. The standard InChI is InChI=1S/C18H20N2O4/c1-3-13(2)14-4-6-15(7-5-14)19-18(21)12-24-17-10-8-16(9-11-17)20(22)23/h4-11,13H,3,12H2,1-2H3,(H,19,21)/t13-/m1/s1. The van der Waals surface area contributed by atoms with E-state index in [9.17, 15) is 14.9 Å². The first-order valence-electron chi connectivity index (χ1n) is 7.76. The van der Waals surface area contributed by atoms with Crippen LogP contribution in [0.25, 0.3) is 0 Å². The molecule has 0 radical (unpaired) electrons. The number of carbonyl (C=O) groups excluding carboxylic acids is 1. The van der Waals surface area contributed by atoms with E-state index in [0.29, 0.717) is 17.4 Å². The Balaban J connectivity index is 1.85. The molecule has 0 aliphatic rings. The molecule has 0 saturated heterocycles. The second-order valence-corrected chi connectivity index (χ2v) is 5.52. The van der Waals surface area contributed by atoms with Crippen molar-refractivity contribution in [2.45, 2.75) is 26.2 Å². The smallest absolute Gasteiger partial charge is 0.269 e. The van der Waals surface area contributed by atoms with E-state index in [2.05, 4.69) is 19.2 Å². The van der Waals surface area contributed by atoms with Gasteiger partial charge in [0.25, 0.3) is 11.6 Å². The average Bonchev–Trinajstić information content (AvgIpc) is 2.60. The quantitative estimate of drug-likeness (QED) is 0.612. The molecular weight excluding hydrogens is 308 g/mol. The first kappa shape index (κ1) is 17.5. The van der Waals surface area contributed by atoms with Gasteiger partial charge in [0.15, 0.2) is 6.61 Å². The maximum absolute atomic E-state index is 11.9. The van der Waals surface area contributed by atoms with Crippen LogP contribution in [0.5, 0.6) is 5.75 Å². The molecule has 24 heavy (non-hydrogen) atoms. The topological polar surface area (TPSA) is 81.5 Å². The molecule has 0 bridgehead atoms. The SMILES string of the molecule is CC[C@@H](C)c1ccc(NC(=O)COc2ccc([N+](=O)[O-])cc2)cc1. The van der Waals surface area contributed by atoms with Crippen molar-refractivity contribution in [3.63, 3.8) is 0 Å². The number of nitrogens with zero attached hydrogens (tertiary/aromatic N) is 1. The lowest BCUT2D eigenvalue weighted by Crippen LogP contribution is -2.20. The van der Waals surface area contributed by atoms with E-state index in [1.54, 1.807) is 0 Å². The Hall–Kier alpha value is -2.89. The Bertz CT molecular complexity index is 696. The Kier molecular flexibility index (Phi) is 5.89. The zero-order valence-electron chi connectivity index (χ0n) is 13.7. The van der Waals surface area contributed by atoms with E-state index < -0.39 is 4.92 Å². The fraction of sp³-hybridized carbons (Fsp3) is 0.278. The van der Waals surface area contributed by atoms with Crippen molar-refractivity contribution in [2.24, 2.45) is 0 Å². The van der Waals surface area contributed by atoms with Gasteiger partial charge in [-0.1, -0.05) is 26.0 Å². The van der Waals surface area contributed by atoms with Crippen LogP contribution in [0, 0.1) is 10.1 Å². The summed E-state index contributed by atoms with van der Waals surface area (Å²) in [5.74, 6) is 0.604. The van der Waals surface area contributed by atoms with Crippen molar-refractivity contribution >= 4 is 17.3 Å². The van der Waals surface area contributed by atoms with Crippen molar-refractivity contribution < 1.29 is 14.5 Å². The number of ether oxygens (including phenoxy) is 1. The maximum Gasteiger partial charge on any atom is 0.269 e. The molecule has 0 aliphatic carbocycles. The van der Waals surface area contributed by atoms with Gasteiger partial charge < -0.3 is 10.1 Å². The van der Waals surface area contributed by atoms with Crippen molar-refractivity contribution in [1.29, 1.82) is 0 Å². The van der Waals surface area contributed by atoms with Gasteiger partial charge in [-0.15, -0.1) is 0 Å². The van der Waals surface area contributed by atoms with Gasteiger partial charge in [0.1, 0.15) is 5.75 Å². The highest BCUT2D eigenvalue weighted by atomic mass is 16.6. The number of hydrogen-bond acceptors (Lipinski definition) is 4. The third-order valence-electron chi connectivity index (χ3n) is 3.79. The van der Waals surface area contributed by atoms with E-state index in [4.69, 9.17) is 4.74 Å². The number of non-ortho nitro benzene ring substituents is 1. The average molecular weight is 328 g/mol. The van der Waals surface area contributed by atoms with Crippen LogP contribution in [0.4, 0.5) is 11.4 Å². The number of nitrogens with one attached hydrogen (secondary N) is 1. The predicted octanol–water partition coefficient (Wildman–Crippen LogP) is 4.13. The zero-order valence-corrected chi connectivity index (χ0v) is 13.7. The monoisotopic (exact) mass is 328 g/mol. The Morgan fingerprint density at radius 3 is 2.33 bits per heavy atom. The summed E-state index contributed by atoms with van der Waals surface area (Å²) < 4.78 is 5.32. The van der Waals surface area contributed by atoms with Crippen LogP contribution in [0.3, 0.4) is 0 Å². The van der Waals surface area contributed by atoms with Gasteiger partial charge in [0.2, 0.25) is 0 Å². The molecule has 0 aliphatic heterocycles. The summed E-state index contributed by atoms with van der Waals surface area (Å²) in [6.45, 7) is 4.13. The summed E-state index contributed by atoms with van der Waals surface area (Å²) in [5.41, 5.74) is 1.92. The normalized spacial score (nSPS) is 11.6. The number of carbonyl (C=O) groups is 1. The zero-order chi connectivity index (χ0) is 17.5. The number of benzene rings is 2. The van der Waals surface area contributed by atoms with Gasteiger partial charge in [-0.3, -0.25) is 14.9 Å². The second-order valence-electron chi connectivity index (χ2n) is 5.52. The summed E-state index contributed by atoms with van der Waals surface area (Å²) in [4.78, 5) is 22.0. The molecule has 1 atom stereocenters. The molecule has 0 aromatic heterocycles. The molecule has 1 N–H and O–H groups in total. The van der Waals surface area contributed by atoms with Crippen molar-refractivity contribution in [3.05, 3.63) is 64.2 Å². The molecule has 0 spiro atoms. The van der Waals surface area contributed by atoms with Gasteiger partial charge in [0, 0.05) is 17.8 Å². The van der Waals surface area contributed by atoms with Crippen LogP contribution in [0.15, 0.2) is 48.5 Å². The van der Waals surface area contributed by atoms with Crippen LogP contribution in [-0.2, 0) is 4.79 Å². The summed E-state index contributed by atoms with van der Waals surface area (Å²) >= 11 is 0. The highest BCUT2D eigenvalue weighted by Gasteiger charge is 2.08. The van der Waals surface area contributed by atoms with E-state index >= 15 is 0 Å². The van der Waals surface area contributed by atoms with Crippen LogP contribution < -0.4 is 10.1 Å². The van der Waals surface area contributed by atoms with E-state index in [1.807, 2.05) is 24.3 Å². The van der Waals surface area contributed by atoms with E-state index in [-0.39, 0.29) is 18.2 Å². The molecule has 0 fully saturated rings. The molecule has 0 saturated carbocycles. The Morgan fingerprint density at radius 2 is 1.79 bits per heavy atom. The lowest BCUT2D eigenvalue weighted by atomic mass is 9.99. The number of nitro benzene ring substituents is 1. The van der Waals surface area contributed by atoms with Crippen LogP contribution in [-0.4, -0.2) is 17.4 Å². The van der Waals surface area contributed by atoms with E-state index in [0.717, 1.165) is 6.42 Å². The molecule has 126 valence electrons. The molecule has 6 nitrogen and oxygen atoms in total. The van der Waals surface area contributed by atoms with Crippen molar-refractivity contribution in [2.75, 3.05) is 11.9 Å².